The van der Waals surface area contributed by atoms with Crippen molar-refractivity contribution in [2.75, 3.05) is 0 Å². The number of hydrogen-bond donors (Lipinski definition) is 0. The van der Waals surface area contributed by atoms with Gasteiger partial charge in [-0.1, -0.05) is 115 Å². The predicted molar refractivity (Wildman–Crippen MR) is 170 cm³/mol. The molecule has 0 radical (unpaired) electrons. The normalized spacial score (nSPS) is 17.3. The summed E-state index contributed by atoms with van der Waals surface area (Å²) in [6.07, 6.45) is 1.36. The van der Waals surface area contributed by atoms with Gasteiger partial charge in [-0.2, -0.15) is 0 Å². The molecule has 3 aliphatic carbocycles. The first-order valence-corrected chi connectivity index (χ1v) is 15.1. The van der Waals surface area contributed by atoms with Crippen molar-refractivity contribution in [2.45, 2.75) is 24.2 Å². The zero-order valence-electron chi connectivity index (χ0n) is 23.4. The molecule has 1 heterocycles. The van der Waals surface area contributed by atoms with Gasteiger partial charge in [0.1, 0.15) is 11.5 Å². The van der Waals surface area contributed by atoms with E-state index in [2.05, 4.69) is 109 Å². The number of Topliss-reactive ketones (excluding diaryl/α,β-unsaturated/α-hetero) is 1. The summed E-state index contributed by atoms with van der Waals surface area (Å²) in [7, 11) is 0. The number of carbonyl (C=O) groups is 1. The summed E-state index contributed by atoms with van der Waals surface area (Å²) in [6.45, 7) is 0. The Morgan fingerprint density at radius 3 is 1.81 bits per heavy atom. The van der Waals surface area contributed by atoms with E-state index in [1.807, 2.05) is 18.2 Å². The Morgan fingerprint density at radius 1 is 0.488 bits per heavy atom. The molecule has 1 spiro atoms. The van der Waals surface area contributed by atoms with Crippen LogP contribution in [0.3, 0.4) is 0 Å². The van der Waals surface area contributed by atoms with Gasteiger partial charge in [0.2, 0.25) is 0 Å². The average Bonchev–Trinajstić information content (AvgIpc) is 3.35. The summed E-state index contributed by atoms with van der Waals surface area (Å²) < 4.78 is 6.54. The van der Waals surface area contributed by atoms with Crippen molar-refractivity contribution in [1.29, 1.82) is 0 Å². The highest BCUT2D eigenvalue weighted by molar-refractivity contribution is 6.06. The van der Waals surface area contributed by atoms with E-state index in [9.17, 15) is 4.79 Å². The maximum absolute atomic E-state index is 14.0. The number of ether oxygens (including phenoxy) is 1. The molecule has 0 amide bonds. The Bertz CT molecular complexity index is 2160. The van der Waals surface area contributed by atoms with Crippen molar-refractivity contribution >= 4 is 5.78 Å². The molecule has 1 atom stereocenters. The fourth-order valence-electron chi connectivity index (χ4n) is 8.76. The summed E-state index contributed by atoms with van der Waals surface area (Å²) in [4.78, 5) is 14.0. The monoisotopic (exact) mass is 550 g/mol. The summed E-state index contributed by atoms with van der Waals surface area (Å²) in [5.41, 5.74) is 15.3. The predicted octanol–water partition coefficient (Wildman–Crippen LogP) is 9.72. The second-order valence-electron chi connectivity index (χ2n) is 12.2. The van der Waals surface area contributed by atoms with E-state index >= 15 is 0 Å². The number of fused-ring (bicyclic) bond motifs is 16. The lowest BCUT2D eigenvalue weighted by molar-refractivity contribution is 0.0973. The molecule has 6 aromatic carbocycles. The molecule has 10 rings (SSSR count). The maximum Gasteiger partial charge on any atom is 0.164 e. The molecule has 2 bridgehead atoms. The van der Waals surface area contributed by atoms with Crippen LogP contribution in [0.15, 0.2) is 127 Å². The SMILES string of the molecule is O=C1CC2Cc3c(cccc3-c3ccc4c(c32)-c2ccccc2C42c3ccccc3Oc3ccccc32)-c2ccccc21. The van der Waals surface area contributed by atoms with Gasteiger partial charge in [0.15, 0.2) is 5.78 Å². The van der Waals surface area contributed by atoms with Crippen LogP contribution in [0.1, 0.15) is 56.1 Å². The average molecular weight is 551 g/mol. The molecular formula is C41H26O2. The molecule has 1 unspecified atom stereocenters. The first-order valence-electron chi connectivity index (χ1n) is 15.1. The van der Waals surface area contributed by atoms with E-state index in [1.165, 1.54) is 61.2 Å². The smallest absolute Gasteiger partial charge is 0.164 e. The van der Waals surface area contributed by atoms with Gasteiger partial charge in [-0.15, -0.1) is 0 Å². The quantitative estimate of drug-likeness (QED) is 0.188. The molecule has 43 heavy (non-hydrogen) atoms. The van der Waals surface area contributed by atoms with Gasteiger partial charge >= 0.3 is 0 Å². The summed E-state index contributed by atoms with van der Waals surface area (Å²) in [5, 5.41) is 0. The van der Waals surface area contributed by atoms with Crippen LogP contribution < -0.4 is 4.74 Å². The third-order valence-electron chi connectivity index (χ3n) is 10.3. The van der Waals surface area contributed by atoms with E-state index in [4.69, 9.17) is 4.74 Å². The van der Waals surface area contributed by atoms with Gasteiger partial charge < -0.3 is 4.74 Å². The number of benzene rings is 6. The lowest BCUT2D eigenvalue weighted by Crippen LogP contribution is -2.32. The van der Waals surface area contributed by atoms with Crippen molar-refractivity contribution in [3.63, 3.8) is 0 Å². The van der Waals surface area contributed by atoms with Crippen LogP contribution in [0, 0.1) is 0 Å². The van der Waals surface area contributed by atoms with E-state index in [1.54, 1.807) is 0 Å². The standard InChI is InChI=1S/C41H26O2/c42-36-23-24-22-31-26(25-10-1-2-11-28(25)36)13-9-14-27(31)29-20-21-35-40(39(24)29)30-12-3-4-15-32(30)41(35)33-16-5-7-18-37(33)43-38-19-8-6-17-34(38)41/h1-21,24H,22-23H2. The lowest BCUT2D eigenvalue weighted by Gasteiger charge is -2.40. The lowest BCUT2D eigenvalue weighted by atomic mass is 9.65. The van der Waals surface area contributed by atoms with E-state index < -0.39 is 5.41 Å². The molecule has 0 fully saturated rings. The second kappa shape index (κ2) is 8.20. The zero-order chi connectivity index (χ0) is 28.3. The van der Waals surface area contributed by atoms with Gasteiger partial charge in [-0.25, -0.2) is 0 Å². The Labute approximate surface area is 250 Å². The number of hydrogen-bond acceptors (Lipinski definition) is 2. The topological polar surface area (TPSA) is 26.3 Å². The molecule has 4 aliphatic rings. The fourth-order valence-corrected chi connectivity index (χ4v) is 8.76. The summed E-state index contributed by atoms with van der Waals surface area (Å²) in [6, 6.07) is 45.4. The molecular weight excluding hydrogens is 524 g/mol. The van der Waals surface area contributed by atoms with Crippen LogP contribution >= 0.6 is 0 Å². The number of rotatable bonds is 0. The number of ketones is 1. The Hall–Kier alpha value is -5.21. The Kier molecular flexibility index (Phi) is 4.46. The fraction of sp³-hybridized carbons (Fsp3) is 0.0976. The van der Waals surface area contributed by atoms with Gasteiger partial charge in [0.05, 0.1) is 5.41 Å². The van der Waals surface area contributed by atoms with E-state index in [-0.39, 0.29) is 11.7 Å². The van der Waals surface area contributed by atoms with Crippen molar-refractivity contribution in [2.24, 2.45) is 0 Å². The second-order valence-corrected chi connectivity index (χ2v) is 12.2. The van der Waals surface area contributed by atoms with Crippen molar-refractivity contribution in [3.05, 3.63) is 166 Å². The van der Waals surface area contributed by atoms with Crippen LogP contribution in [0.4, 0.5) is 0 Å². The van der Waals surface area contributed by atoms with Crippen LogP contribution in [0.5, 0.6) is 11.5 Å². The largest absolute Gasteiger partial charge is 0.457 e. The highest BCUT2D eigenvalue weighted by Crippen LogP contribution is 2.64. The summed E-state index contributed by atoms with van der Waals surface area (Å²) >= 11 is 0. The van der Waals surface area contributed by atoms with E-state index in [0.29, 0.717) is 6.42 Å². The maximum atomic E-state index is 14.0. The van der Waals surface area contributed by atoms with Gasteiger partial charge in [-0.05, 0) is 80.1 Å². The highest BCUT2D eigenvalue weighted by atomic mass is 16.5. The van der Waals surface area contributed by atoms with Crippen LogP contribution in [0.25, 0.3) is 33.4 Å². The highest BCUT2D eigenvalue weighted by Gasteiger charge is 2.52. The molecule has 2 nitrogen and oxygen atoms in total. The van der Waals surface area contributed by atoms with Crippen molar-refractivity contribution < 1.29 is 9.53 Å². The minimum absolute atomic E-state index is 0.0907. The molecule has 202 valence electrons. The van der Waals surface area contributed by atoms with E-state index in [0.717, 1.165) is 29.0 Å². The minimum atomic E-state index is -0.507. The van der Waals surface area contributed by atoms with Gasteiger partial charge in [0.25, 0.3) is 0 Å². The molecule has 0 saturated carbocycles. The van der Waals surface area contributed by atoms with Crippen LogP contribution in [0.2, 0.25) is 0 Å². The third kappa shape index (κ3) is 2.81. The summed E-state index contributed by atoms with van der Waals surface area (Å²) in [5.74, 6) is 2.11. The first kappa shape index (κ1) is 23.4. The molecule has 6 aromatic rings. The van der Waals surface area contributed by atoms with Gasteiger partial charge in [0, 0.05) is 23.1 Å². The Morgan fingerprint density at radius 2 is 1.07 bits per heavy atom. The minimum Gasteiger partial charge on any atom is -0.457 e. The first-order chi connectivity index (χ1) is 21.2. The van der Waals surface area contributed by atoms with Crippen LogP contribution in [-0.4, -0.2) is 5.78 Å². The molecule has 0 aromatic heterocycles. The molecule has 0 saturated heterocycles. The number of carbonyl (C=O) groups excluding carboxylic acids is 1. The number of para-hydroxylation sites is 2. The van der Waals surface area contributed by atoms with Crippen LogP contribution in [-0.2, 0) is 11.8 Å². The Balaban J connectivity index is 1.35. The third-order valence-corrected chi connectivity index (χ3v) is 10.3. The zero-order valence-corrected chi connectivity index (χ0v) is 23.4. The van der Waals surface area contributed by atoms with Crippen molar-refractivity contribution in [1.82, 2.24) is 0 Å². The van der Waals surface area contributed by atoms with Crippen molar-refractivity contribution in [3.8, 4) is 44.9 Å². The molecule has 0 N–H and O–H groups in total. The molecule has 1 aliphatic heterocycles. The van der Waals surface area contributed by atoms with Gasteiger partial charge in [-0.3, -0.25) is 4.79 Å². The molecule has 2 heteroatoms.